The number of halogens is 5. The van der Waals surface area contributed by atoms with Crippen LogP contribution in [0.3, 0.4) is 0 Å². The average molecular weight is 472 g/mol. The molecule has 0 saturated heterocycles. The molecule has 1 unspecified atom stereocenters. The van der Waals surface area contributed by atoms with Gasteiger partial charge in [-0.2, -0.15) is 13.2 Å². The number of fused-ring (bicyclic) bond motifs is 1. The van der Waals surface area contributed by atoms with E-state index in [1.54, 1.807) is 13.8 Å². The monoisotopic (exact) mass is 472 g/mol. The Balaban J connectivity index is 1.99. The first-order valence-electron chi connectivity index (χ1n) is 9.94. The second kappa shape index (κ2) is 8.87. The van der Waals surface area contributed by atoms with Gasteiger partial charge in [-0.15, -0.1) is 0 Å². The highest BCUT2D eigenvalue weighted by Crippen LogP contribution is 2.42. The van der Waals surface area contributed by atoms with Gasteiger partial charge in [0.1, 0.15) is 5.82 Å². The molecule has 11 heteroatoms. The van der Waals surface area contributed by atoms with Gasteiger partial charge in [-0.05, 0) is 57.0 Å². The van der Waals surface area contributed by atoms with Gasteiger partial charge < -0.3 is 14.4 Å². The van der Waals surface area contributed by atoms with Crippen molar-refractivity contribution in [3.63, 3.8) is 0 Å². The summed E-state index contributed by atoms with van der Waals surface area (Å²) >= 11 is 0. The molecule has 0 saturated carbocycles. The SMILES string of the molecule is Cc1cc2c(c(F)c1NC(=O)OC(C)C)OC(C)C(=O)N2Cc1ccc(C(F)(F)F)c(F)c1. The highest BCUT2D eigenvalue weighted by molar-refractivity contribution is 6.01. The Morgan fingerprint density at radius 1 is 1.24 bits per heavy atom. The summed E-state index contributed by atoms with van der Waals surface area (Å²) in [6.07, 6.45) is -7.33. The second-order valence-electron chi connectivity index (χ2n) is 7.81. The lowest BCUT2D eigenvalue weighted by atomic mass is 10.1. The van der Waals surface area contributed by atoms with Crippen molar-refractivity contribution >= 4 is 23.4 Å². The molecular formula is C22H21F5N2O4. The fourth-order valence-electron chi connectivity index (χ4n) is 3.35. The quantitative estimate of drug-likeness (QED) is 0.592. The predicted octanol–water partition coefficient (Wildman–Crippen LogP) is 5.56. The van der Waals surface area contributed by atoms with Crippen LogP contribution in [0.1, 0.15) is 37.5 Å². The fourth-order valence-corrected chi connectivity index (χ4v) is 3.35. The molecule has 0 aliphatic carbocycles. The summed E-state index contributed by atoms with van der Waals surface area (Å²) in [5.74, 6) is -3.37. The lowest BCUT2D eigenvalue weighted by Crippen LogP contribution is -2.44. The van der Waals surface area contributed by atoms with E-state index in [1.807, 2.05) is 0 Å². The van der Waals surface area contributed by atoms with Gasteiger partial charge in [0, 0.05) is 0 Å². The molecule has 1 aliphatic heterocycles. The zero-order valence-electron chi connectivity index (χ0n) is 18.1. The molecule has 1 heterocycles. The minimum absolute atomic E-state index is 0.00353. The molecule has 0 radical (unpaired) electrons. The van der Waals surface area contributed by atoms with Crippen molar-refractivity contribution in [1.29, 1.82) is 0 Å². The smallest absolute Gasteiger partial charge is 0.419 e. The van der Waals surface area contributed by atoms with Crippen LogP contribution >= 0.6 is 0 Å². The molecule has 3 rings (SSSR count). The molecule has 2 aromatic carbocycles. The number of carbonyl (C=O) groups is 2. The van der Waals surface area contributed by atoms with Gasteiger partial charge in [0.15, 0.2) is 17.7 Å². The molecule has 1 N–H and O–H groups in total. The molecule has 33 heavy (non-hydrogen) atoms. The number of benzene rings is 2. The zero-order valence-corrected chi connectivity index (χ0v) is 18.1. The highest BCUT2D eigenvalue weighted by Gasteiger charge is 2.37. The van der Waals surface area contributed by atoms with E-state index in [9.17, 15) is 27.2 Å². The van der Waals surface area contributed by atoms with Crippen molar-refractivity contribution in [2.45, 2.75) is 52.6 Å². The number of rotatable bonds is 4. The first-order chi connectivity index (χ1) is 15.3. The topological polar surface area (TPSA) is 67.9 Å². The largest absolute Gasteiger partial charge is 0.476 e. The van der Waals surface area contributed by atoms with Crippen molar-refractivity contribution in [2.24, 2.45) is 0 Å². The lowest BCUT2D eigenvalue weighted by molar-refractivity contribution is -0.140. The molecule has 2 aromatic rings. The normalized spacial score (nSPS) is 15.9. The van der Waals surface area contributed by atoms with Gasteiger partial charge in [0.2, 0.25) is 0 Å². The summed E-state index contributed by atoms with van der Waals surface area (Å²) in [4.78, 5) is 25.7. The molecule has 6 nitrogen and oxygen atoms in total. The van der Waals surface area contributed by atoms with E-state index in [0.29, 0.717) is 12.1 Å². The Kier molecular flexibility index (Phi) is 6.53. The molecule has 1 atom stereocenters. The Bertz CT molecular complexity index is 1100. The first kappa shape index (κ1) is 24.3. The maximum atomic E-state index is 15.3. The van der Waals surface area contributed by atoms with Crippen LogP contribution < -0.4 is 15.0 Å². The maximum absolute atomic E-state index is 15.3. The van der Waals surface area contributed by atoms with Gasteiger partial charge in [-0.25, -0.2) is 13.6 Å². The van der Waals surface area contributed by atoms with Crippen LogP contribution in [0, 0.1) is 18.6 Å². The molecule has 1 aliphatic rings. The second-order valence-corrected chi connectivity index (χ2v) is 7.81. The molecule has 2 amide bonds. The molecule has 178 valence electrons. The van der Waals surface area contributed by atoms with Crippen LogP contribution in [0.25, 0.3) is 0 Å². The van der Waals surface area contributed by atoms with Crippen LogP contribution in [-0.2, 0) is 22.3 Å². The summed E-state index contributed by atoms with van der Waals surface area (Å²) in [7, 11) is 0. The standard InChI is InChI=1S/C22H21F5N2O4/c1-10(2)32-21(31)28-18-11(3)7-16-19(17(18)24)33-12(4)20(30)29(16)9-13-5-6-14(15(23)8-13)22(25,26)27/h5-8,10,12H,9H2,1-4H3,(H,28,31). The molecule has 0 bridgehead atoms. The molecule has 0 fully saturated rings. The van der Waals surface area contributed by atoms with E-state index >= 15 is 4.39 Å². The Hall–Kier alpha value is -3.37. The number of nitrogens with zero attached hydrogens (tertiary/aromatic N) is 1. The summed E-state index contributed by atoms with van der Waals surface area (Å²) in [6, 6.07) is 3.68. The van der Waals surface area contributed by atoms with E-state index in [0.717, 1.165) is 11.0 Å². The number of alkyl halides is 3. The Labute approximate surface area is 186 Å². The first-order valence-corrected chi connectivity index (χ1v) is 9.94. The number of ether oxygens (including phenoxy) is 2. The summed E-state index contributed by atoms with van der Waals surface area (Å²) in [5, 5.41) is 2.30. The number of hydrogen-bond acceptors (Lipinski definition) is 4. The van der Waals surface area contributed by atoms with Crippen molar-refractivity contribution in [3.8, 4) is 5.75 Å². The van der Waals surface area contributed by atoms with E-state index in [1.165, 1.54) is 19.9 Å². The Morgan fingerprint density at radius 3 is 2.48 bits per heavy atom. The number of anilines is 2. The van der Waals surface area contributed by atoms with E-state index in [-0.39, 0.29) is 34.8 Å². The predicted molar refractivity (Wildman–Crippen MR) is 109 cm³/mol. The van der Waals surface area contributed by atoms with Gasteiger partial charge >= 0.3 is 12.3 Å². The van der Waals surface area contributed by atoms with Crippen molar-refractivity contribution < 1.29 is 41.0 Å². The summed E-state index contributed by atoms with van der Waals surface area (Å²) in [6.45, 7) is 5.76. The van der Waals surface area contributed by atoms with Gasteiger partial charge in [-0.1, -0.05) is 6.07 Å². The highest BCUT2D eigenvalue weighted by atomic mass is 19.4. The third kappa shape index (κ3) is 5.01. The third-order valence-corrected chi connectivity index (χ3v) is 4.85. The van der Waals surface area contributed by atoms with Crippen molar-refractivity contribution in [3.05, 3.63) is 52.6 Å². The average Bonchev–Trinajstić information content (AvgIpc) is 2.68. The third-order valence-electron chi connectivity index (χ3n) is 4.85. The minimum Gasteiger partial charge on any atom is -0.476 e. The van der Waals surface area contributed by atoms with E-state index < -0.39 is 47.6 Å². The van der Waals surface area contributed by atoms with Gasteiger partial charge in [0.25, 0.3) is 5.91 Å². The van der Waals surface area contributed by atoms with Crippen molar-refractivity contribution in [1.82, 2.24) is 0 Å². The lowest BCUT2D eigenvalue weighted by Gasteiger charge is -2.34. The summed E-state index contributed by atoms with van der Waals surface area (Å²) in [5.41, 5.74) is -1.34. The van der Waals surface area contributed by atoms with E-state index in [4.69, 9.17) is 9.47 Å². The fraction of sp³-hybridized carbons (Fsp3) is 0.364. The van der Waals surface area contributed by atoms with Gasteiger partial charge in [0.05, 0.1) is 29.6 Å². The van der Waals surface area contributed by atoms with E-state index in [2.05, 4.69) is 5.32 Å². The molecule has 0 aromatic heterocycles. The zero-order chi connectivity index (χ0) is 24.7. The van der Waals surface area contributed by atoms with Crippen LogP contribution in [-0.4, -0.2) is 24.2 Å². The Morgan fingerprint density at radius 2 is 1.91 bits per heavy atom. The van der Waals surface area contributed by atoms with Crippen LogP contribution in [0.2, 0.25) is 0 Å². The number of carbonyl (C=O) groups excluding carboxylic acids is 2. The minimum atomic E-state index is -4.86. The van der Waals surface area contributed by atoms with Crippen LogP contribution in [0.4, 0.5) is 38.1 Å². The maximum Gasteiger partial charge on any atom is 0.419 e. The molecular weight excluding hydrogens is 451 g/mol. The summed E-state index contributed by atoms with van der Waals surface area (Å²) < 4.78 is 78.1. The molecule has 0 spiro atoms. The van der Waals surface area contributed by atoms with Gasteiger partial charge in [-0.3, -0.25) is 10.1 Å². The van der Waals surface area contributed by atoms with Crippen LogP contribution in [0.5, 0.6) is 5.75 Å². The number of hydrogen-bond donors (Lipinski definition) is 1. The van der Waals surface area contributed by atoms with Crippen LogP contribution in [0.15, 0.2) is 24.3 Å². The van der Waals surface area contributed by atoms with Crippen molar-refractivity contribution in [2.75, 3.05) is 10.2 Å². The number of amides is 2. The number of aryl methyl sites for hydroxylation is 1. The number of nitrogens with one attached hydrogen (secondary N) is 1.